The molecule has 1 N–H and O–H groups in total. The second kappa shape index (κ2) is 6.24. The monoisotopic (exact) mass is 266 g/mol. The van der Waals surface area contributed by atoms with Gasteiger partial charge in [-0.15, -0.1) is 0 Å². The Bertz CT molecular complexity index is 435. The normalized spacial score (nSPS) is 23.5. The smallest absolute Gasteiger partial charge is 0.339 e. The molecule has 0 spiro atoms. The molecule has 0 aromatic carbocycles. The van der Waals surface area contributed by atoms with E-state index in [1.165, 1.54) is 25.7 Å². The topological polar surface area (TPSA) is 59.7 Å². The fourth-order valence-corrected chi connectivity index (χ4v) is 2.86. The Labute approximate surface area is 113 Å². The van der Waals surface area contributed by atoms with Crippen molar-refractivity contribution in [3.63, 3.8) is 0 Å². The fourth-order valence-electron chi connectivity index (χ4n) is 2.86. The van der Waals surface area contributed by atoms with Gasteiger partial charge in [0.1, 0.15) is 23.7 Å². The second-order valence-electron chi connectivity index (χ2n) is 5.64. The summed E-state index contributed by atoms with van der Waals surface area (Å²) in [6.07, 6.45) is 5.09. The Morgan fingerprint density at radius 2 is 2.32 bits per heavy atom. The third-order valence-electron chi connectivity index (χ3n) is 3.84. The van der Waals surface area contributed by atoms with Crippen LogP contribution in [0.3, 0.4) is 0 Å². The highest BCUT2D eigenvalue weighted by Crippen LogP contribution is 2.28. The molecule has 0 saturated heterocycles. The highest BCUT2D eigenvalue weighted by Gasteiger charge is 2.19. The molecule has 1 aliphatic rings. The third-order valence-corrected chi connectivity index (χ3v) is 3.84. The van der Waals surface area contributed by atoms with E-state index in [2.05, 4.69) is 6.92 Å². The molecule has 4 nitrogen and oxygen atoms in total. The number of hydrogen-bond donors (Lipinski definition) is 1. The number of hydrogen-bond acceptors (Lipinski definition) is 3. The summed E-state index contributed by atoms with van der Waals surface area (Å²) in [6.45, 7) is 5.06. The number of aryl methyl sites for hydroxylation is 1. The molecule has 0 radical (unpaired) electrons. The largest absolute Gasteiger partial charge is 0.478 e. The summed E-state index contributed by atoms with van der Waals surface area (Å²) in [5.41, 5.74) is 0.227. The van der Waals surface area contributed by atoms with Crippen LogP contribution in [0.25, 0.3) is 0 Å². The minimum absolute atomic E-state index is 0.227. The van der Waals surface area contributed by atoms with Crippen molar-refractivity contribution in [1.82, 2.24) is 0 Å². The van der Waals surface area contributed by atoms with Gasteiger partial charge >= 0.3 is 5.97 Å². The van der Waals surface area contributed by atoms with Gasteiger partial charge in [0.15, 0.2) is 0 Å². The number of carboxylic acids is 1. The lowest BCUT2D eigenvalue weighted by atomic mass is 9.83. The van der Waals surface area contributed by atoms with Gasteiger partial charge in [0.05, 0.1) is 6.61 Å². The average molecular weight is 266 g/mol. The number of carboxylic acid groups (broad SMARTS) is 1. The number of furan rings is 1. The van der Waals surface area contributed by atoms with Gasteiger partial charge in [0, 0.05) is 0 Å². The molecular weight excluding hydrogens is 244 g/mol. The minimum Gasteiger partial charge on any atom is -0.478 e. The van der Waals surface area contributed by atoms with Crippen LogP contribution in [0.1, 0.15) is 54.5 Å². The van der Waals surface area contributed by atoms with E-state index in [0.29, 0.717) is 24.0 Å². The van der Waals surface area contributed by atoms with Crippen molar-refractivity contribution in [3.8, 4) is 0 Å². The molecule has 2 atom stereocenters. The van der Waals surface area contributed by atoms with Crippen LogP contribution < -0.4 is 0 Å². The van der Waals surface area contributed by atoms with Crippen LogP contribution in [0.15, 0.2) is 10.5 Å². The predicted molar refractivity (Wildman–Crippen MR) is 71.2 cm³/mol. The van der Waals surface area contributed by atoms with Crippen molar-refractivity contribution < 1.29 is 19.1 Å². The first-order chi connectivity index (χ1) is 9.06. The maximum Gasteiger partial charge on any atom is 0.339 e. The van der Waals surface area contributed by atoms with E-state index < -0.39 is 5.97 Å². The molecular formula is C15H22O4. The molecule has 1 aromatic rings. The molecule has 4 heteroatoms. The zero-order chi connectivity index (χ0) is 13.8. The zero-order valence-corrected chi connectivity index (χ0v) is 11.6. The molecule has 1 aromatic heterocycles. The Balaban J connectivity index is 1.79. The summed E-state index contributed by atoms with van der Waals surface area (Å²) in [7, 11) is 0. The highest BCUT2D eigenvalue weighted by atomic mass is 16.5. The van der Waals surface area contributed by atoms with E-state index in [0.717, 1.165) is 12.5 Å². The Hall–Kier alpha value is -1.29. The van der Waals surface area contributed by atoms with E-state index in [1.54, 1.807) is 13.0 Å². The minimum atomic E-state index is -0.950. The van der Waals surface area contributed by atoms with Crippen LogP contribution in [0, 0.1) is 18.8 Å². The Morgan fingerprint density at radius 1 is 1.53 bits per heavy atom. The molecule has 1 heterocycles. The van der Waals surface area contributed by atoms with Crippen molar-refractivity contribution in [2.75, 3.05) is 6.61 Å². The maximum absolute atomic E-state index is 10.9. The van der Waals surface area contributed by atoms with Crippen LogP contribution in [0.4, 0.5) is 0 Å². The summed E-state index contributed by atoms with van der Waals surface area (Å²) >= 11 is 0. The van der Waals surface area contributed by atoms with Crippen LogP contribution in [0.2, 0.25) is 0 Å². The van der Waals surface area contributed by atoms with Gasteiger partial charge in [-0.2, -0.15) is 0 Å². The maximum atomic E-state index is 10.9. The molecule has 19 heavy (non-hydrogen) atoms. The van der Waals surface area contributed by atoms with Crippen molar-refractivity contribution in [2.45, 2.75) is 46.1 Å². The molecule has 0 bridgehead atoms. The standard InChI is InChI=1S/C15H22O4/c1-10-4-3-5-12(6-10)8-18-9-13-7-14(15(16)17)11(2)19-13/h7,10,12H,3-6,8-9H2,1-2H3,(H,16,17). The van der Waals surface area contributed by atoms with Gasteiger partial charge in [0.25, 0.3) is 0 Å². The van der Waals surface area contributed by atoms with Gasteiger partial charge in [-0.25, -0.2) is 4.79 Å². The van der Waals surface area contributed by atoms with Crippen LogP contribution in [-0.4, -0.2) is 17.7 Å². The molecule has 1 saturated carbocycles. The van der Waals surface area contributed by atoms with Crippen LogP contribution in [0.5, 0.6) is 0 Å². The second-order valence-corrected chi connectivity index (χ2v) is 5.64. The van der Waals surface area contributed by atoms with Gasteiger partial charge in [-0.1, -0.05) is 19.8 Å². The molecule has 2 unspecified atom stereocenters. The van der Waals surface area contributed by atoms with Crippen molar-refractivity contribution in [2.24, 2.45) is 11.8 Å². The van der Waals surface area contributed by atoms with E-state index in [1.807, 2.05) is 0 Å². The van der Waals surface area contributed by atoms with E-state index >= 15 is 0 Å². The summed E-state index contributed by atoms with van der Waals surface area (Å²) in [6, 6.07) is 1.56. The zero-order valence-electron chi connectivity index (χ0n) is 11.6. The predicted octanol–water partition coefficient (Wildman–Crippen LogP) is 3.63. The molecule has 0 aliphatic heterocycles. The van der Waals surface area contributed by atoms with E-state index in [9.17, 15) is 4.79 Å². The van der Waals surface area contributed by atoms with E-state index in [4.69, 9.17) is 14.3 Å². The first kappa shape index (κ1) is 14.1. The fraction of sp³-hybridized carbons (Fsp3) is 0.667. The Kier molecular flexibility index (Phi) is 4.64. The molecule has 106 valence electrons. The van der Waals surface area contributed by atoms with Crippen molar-refractivity contribution in [1.29, 1.82) is 0 Å². The first-order valence-electron chi connectivity index (χ1n) is 6.96. The quantitative estimate of drug-likeness (QED) is 0.884. The molecule has 1 fully saturated rings. The van der Waals surface area contributed by atoms with E-state index in [-0.39, 0.29) is 5.56 Å². The van der Waals surface area contributed by atoms with Gasteiger partial charge < -0.3 is 14.3 Å². The summed E-state index contributed by atoms with van der Waals surface area (Å²) < 4.78 is 11.0. The Morgan fingerprint density at radius 3 is 2.95 bits per heavy atom. The number of aromatic carboxylic acids is 1. The lowest BCUT2D eigenvalue weighted by Gasteiger charge is -2.26. The molecule has 1 aliphatic carbocycles. The summed E-state index contributed by atoms with van der Waals surface area (Å²) in [4.78, 5) is 10.9. The lowest BCUT2D eigenvalue weighted by Crippen LogP contribution is -2.18. The number of carbonyl (C=O) groups is 1. The van der Waals surface area contributed by atoms with Gasteiger partial charge in [0.2, 0.25) is 0 Å². The summed E-state index contributed by atoms with van der Waals surface area (Å²) in [5, 5.41) is 8.94. The summed E-state index contributed by atoms with van der Waals surface area (Å²) in [5.74, 6) is 1.52. The van der Waals surface area contributed by atoms with Crippen molar-refractivity contribution in [3.05, 3.63) is 23.2 Å². The first-order valence-corrected chi connectivity index (χ1v) is 6.96. The van der Waals surface area contributed by atoms with Crippen LogP contribution in [-0.2, 0) is 11.3 Å². The van der Waals surface area contributed by atoms with Gasteiger partial charge in [-0.3, -0.25) is 0 Å². The third kappa shape index (κ3) is 3.83. The average Bonchev–Trinajstić information content (AvgIpc) is 2.71. The number of rotatable bonds is 5. The van der Waals surface area contributed by atoms with Gasteiger partial charge in [-0.05, 0) is 37.7 Å². The van der Waals surface area contributed by atoms with Crippen molar-refractivity contribution >= 4 is 5.97 Å². The lowest BCUT2D eigenvalue weighted by molar-refractivity contribution is 0.0562. The number of ether oxygens (including phenoxy) is 1. The van der Waals surface area contributed by atoms with Crippen LogP contribution >= 0.6 is 0 Å². The SMILES string of the molecule is Cc1oc(COCC2CCCC(C)C2)cc1C(=O)O. The molecule has 0 amide bonds. The molecule has 2 rings (SSSR count). The highest BCUT2D eigenvalue weighted by molar-refractivity contribution is 5.88.